The smallest absolute Gasteiger partial charge is 0.338 e. The Morgan fingerprint density at radius 2 is 1.71 bits per heavy atom. The Balaban J connectivity index is 2.29. The van der Waals surface area contributed by atoms with Crippen molar-refractivity contribution < 1.29 is 19.1 Å². The Hall–Kier alpha value is -2.62. The fourth-order valence-corrected chi connectivity index (χ4v) is 2.42. The second-order valence-electron chi connectivity index (χ2n) is 6.50. The van der Waals surface area contributed by atoms with Crippen LogP contribution in [-0.4, -0.2) is 24.6 Å². The van der Waals surface area contributed by atoms with E-state index in [-0.39, 0.29) is 18.4 Å². The second-order valence-corrected chi connectivity index (χ2v) is 6.50. The maximum absolute atomic E-state index is 12.0. The van der Waals surface area contributed by atoms with Crippen molar-refractivity contribution in [3.8, 4) is 11.1 Å². The normalized spacial score (nSPS) is 11.0. The molecule has 0 aliphatic heterocycles. The number of carbonyl (C=O) groups is 2. The quantitative estimate of drug-likeness (QED) is 0.796. The fourth-order valence-electron chi connectivity index (χ4n) is 2.42. The lowest BCUT2D eigenvalue weighted by atomic mass is 9.97. The van der Waals surface area contributed by atoms with Gasteiger partial charge < -0.3 is 9.47 Å². The summed E-state index contributed by atoms with van der Waals surface area (Å²) in [4.78, 5) is 23.9. The molecule has 4 heteroatoms. The van der Waals surface area contributed by atoms with Gasteiger partial charge in [-0.25, -0.2) is 4.79 Å². The van der Waals surface area contributed by atoms with Crippen LogP contribution >= 0.6 is 0 Å². The van der Waals surface area contributed by atoms with Crippen LogP contribution in [-0.2, 0) is 20.7 Å². The summed E-state index contributed by atoms with van der Waals surface area (Å²) in [5.74, 6) is -0.663. The molecule has 0 saturated heterocycles. The fraction of sp³-hybridized carbons (Fsp3) is 0.300. The molecule has 0 aromatic heterocycles. The average Bonchev–Trinajstić information content (AvgIpc) is 2.52. The van der Waals surface area contributed by atoms with E-state index in [0.717, 1.165) is 16.7 Å². The molecule has 0 heterocycles. The van der Waals surface area contributed by atoms with E-state index in [2.05, 4.69) is 0 Å². The standard InChI is InChI=1S/C20H22O4/c1-20(2,3)24-18(21)13-14-8-7-9-15(12-14)16-10-5-6-11-17(16)19(22)23-4/h5-12H,13H2,1-4H3. The number of carbonyl (C=O) groups excluding carboxylic acids is 2. The van der Waals surface area contributed by atoms with Crippen LogP contribution < -0.4 is 0 Å². The van der Waals surface area contributed by atoms with E-state index in [9.17, 15) is 9.59 Å². The topological polar surface area (TPSA) is 52.6 Å². The highest BCUT2D eigenvalue weighted by molar-refractivity contribution is 5.97. The van der Waals surface area contributed by atoms with Crippen molar-refractivity contribution in [1.82, 2.24) is 0 Å². The zero-order valence-corrected chi connectivity index (χ0v) is 14.5. The van der Waals surface area contributed by atoms with Gasteiger partial charge in [0.2, 0.25) is 0 Å². The summed E-state index contributed by atoms with van der Waals surface area (Å²) in [5, 5.41) is 0. The highest BCUT2D eigenvalue weighted by Crippen LogP contribution is 2.25. The van der Waals surface area contributed by atoms with Crippen LogP contribution in [0.4, 0.5) is 0 Å². The van der Waals surface area contributed by atoms with Gasteiger partial charge in [0.25, 0.3) is 0 Å². The van der Waals surface area contributed by atoms with E-state index in [1.54, 1.807) is 12.1 Å². The molecule has 0 amide bonds. The minimum absolute atomic E-state index is 0.186. The third kappa shape index (κ3) is 4.69. The first-order chi connectivity index (χ1) is 11.3. The highest BCUT2D eigenvalue weighted by Gasteiger charge is 2.17. The Morgan fingerprint density at radius 1 is 1.00 bits per heavy atom. The van der Waals surface area contributed by atoms with Gasteiger partial charge in [-0.15, -0.1) is 0 Å². The van der Waals surface area contributed by atoms with Gasteiger partial charge in [0.05, 0.1) is 19.1 Å². The Kier molecular flexibility index (Phi) is 5.39. The van der Waals surface area contributed by atoms with Gasteiger partial charge in [0.15, 0.2) is 0 Å². The van der Waals surface area contributed by atoms with E-state index in [4.69, 9.17) is 9.47 Å². The number of esters is 2. The molecular weight excluding hydrogens is 304 g/mol. The molecule has 126 valence electrons. The van der Waals surface area contributed by atoms with Crippen molar-refractivity contribution in [2.45, 2.75) is 32.8 Å². The molecule has 2 rings (SSSR count). The Morgan fingerprint density at radius 3 is 2.38 bits per heavy atom. The maximum Gasteiger partial charge on any atom is 0.338 e. The van der Waals surface area contributed by atoms with E-state index in [1.165, 1.54) is 7.11 Å². The van der Waals surface area contributed by atoms with Crippen LogP contribution in [0.1, 0.15) is 36.7 Å². The summed E-state index contributed by atoms with van der Waals surface area (Å²) in [6.07, 6.45) is 0.186. The molecule has 0 atom stereocenters. The Bertz CT molecular complexity index is 741. The van der Waals surface area contributed by atoms with Crippen molar-refractivity contribution in [1.29, 1.82) is 0 Å². The SMILES string of the molecule is COC(=O)c1ccccc1-c1cccc(CC(=O)OC(C)(C)C)c1. The zero-order valence-electron chi connectivity index (χ0n) is 14.5. The molecule has 0 aliphatic rings. The monoisotopic (exact) mass is 326 g/mol. The van der Waals surface area contributed by atoms with Crippen LogP contribution in [0.25, 0.3) is 11.1 Å². The van der Waals surface area contributed by atoms with Crippen LogP contribution in [0.2, 0.25) is 0 Å². The van der Waals surface area contributed by atoms with Crippen molar-refractivity contribution in [2.75, 3.05) is 7.11 Å². The summed E-state index contributed by atoms with van der Waals surface area (Å²) in [6, 6.07) is 14.8. The summed E-state index contributed by atoms with van der Waals surface area (Å²) in [5.41, 5.74) is 2.45. The predicted octanol–water partition coefficient (Wildman–Crippen LogP) is 4.02. The first-order valence-corrected chi connectivity index (χ1v) is 7.78. The van der Waals surface area contributed by atoms with Crippen molar-refractivity contribution >= 4 is 11.9 Å². The minimum Gasteiger partial charge on any atom is -0.465 e. The number of hydrogen-bond donors (Lipinski definition) is 0. The lowest BCUT2D eigenvalue weighted by Crippen LogP contribution is -2.24. The second kappa shape index (κ2) is 7.30. The highest BCUT2D eigenvalue weighted by atomic mass is 16.6. The zero-order chi connectivity index (χ0) is 17.7. The van der Waals surface area contributed by atoms with E-state index < -0.39 is 5.60 Å². The van der Waals surface area contributed by atoms with Gasteiger partial charge in [0, 0.05) is 0 Å². The third-order valence-electron chi connectivity index (χ3n) is 3.34. The largest absolute Gasteiger partial charge is 0.465 e. The van der Waals surface area contributed by atoms with Gasteiger partial charge in [0.1, 0.15) is 5.60 Å². The average molecular weight is 326 g/mol. The number of rotatable bonds is 4. The van der Waals surface area contributed by atoms with Crippen LogP contribution in [0.15, 0.2) is 48.5 Å². The molecule has 0 saturated carbocycles. The molecule has 4 nitrogen and oxygen atoms in total. The summed E-state index contributed by atoms with van der Waals surface area (Å²) < 4.78 is 10.2. The molecule has 0 radical (unpaired) electrons. The number of benzene rings is 2. The lowest BCUT2D eigenvalue weighted by Gasteiger charge is -2.19. The molecule has 0 unspecified atom stereocenters. The summed E-state index contributed by atoms with van der Waals surface area (Å²) in [6.45, 7) is 5.52. The van der Waals surface area contributed by atoms with Gasteiger partial charge in [-0.3, -0.25) is 4.79 Å². The Labute approximate surface area is 142 Å². The van der Waals surface area contributed by atoms with Crippen LogP contribution in [0.3, 0.4) is 0 Å². The number of ether oxygens (including phenoxy) is 2. The number of hydrogen-bond acceptors (Lipinski definition) is 4. The molecule has 0 bridgehead atoms. The van der Waals surface area contributed by atoms with Crippen LogP contribution in [0.5, 0.6) is 0 Å². The van der Waals surface area contributed by atoms with Crippen LogP contribution in [0, 0.1) is 0 Å². The summed E-state index contributed by atoms with van der Waals surface area (Å²) in [7, 11) is 1.36. The first-order valence-electron chi connectivity index (χ1n) is 7.78. The molecular formula is C20H22O4. The van der Waals surface area contributed by atoms with Crippen molar-refractivity contribution in [3.63, 3.8) is 0 Å². The summed E-state index contributed by atoms with van der Waals surface area (Å²) >= 11 is 0. The van der Waals surface area contributed by atoms with Gasteiger partial charge >= 0.3 is 11.9 Å². The van der Waals surface area contributed by atoms with E-state index in [0.29, 0.717) is 5.56 Å². The molecule has 0 aliphatic carbocycles. The molecule has 0 N–H and O–H groups in total. The lowest BCUT2D eigenvalue weighted by molar-refractivity contribution is -0.153. The van der Waals surface area contributed by atoms with E-state index in [1.807, 2.05) is 57.2 Å². The molecule has 0 spiro atoms. The van der Waals surface area contributed by atoms with Gasteiger partial charge in [-0.05, 0) is 43.5 Å². The van der Waals surface area contributed by atoms with Gasteiger partial charge in [-0.2, -0.15) is 0 Å². The first kappa shape index (κ1) is 17.7. The minimum atomic E-state index is -0.508. The number of methoxy groups -OCH3 is 1. The maximum atomic E-state index is 12.0. The predicted molar refractivity (Wildman–Crippen MR) is 92.8 cm³/mol. The molecule has 24 heavy (non-hydrogen) atoms. The van der Waals surface area contributed by atoms with Crippen molar-refractivity contribution in [3.05, 3.63) is 59.7 Å². The van der Waals surface area contributed by atoms with E-state index >= 15 is 0 Å². The molecule has 0 fully saturated rings. The van der Waals surface area contributed by atoms with Crippen molar-refractivity contribution in [2.24, 2.45) is 0 Å². The molecule has 2 aromatic rings. The third-order valence-corrected chi connectivity index (χ3v) is 3.34. The molecule has 2 aromatic carbocycles. The van der Waals surface area contributed by atoms with Gasteiger partial charge in [-0.1, -0.05) is 42.5 Å².